The van der Waals surface area contributed by atoms with Crippen LogP contribution in [-0.4, -0.2) is 5.11 Å². The standard InChI is InChI=1S/C12H16Cl2O/c1-3-8(4-2)12(15)9-6-5-7-10(13)11(9)14/h5-8,12,15H,3-4H2,1-2H3. The number of rotatable bonds is 4. The van der Waals surface area contributed by atoms with E-state index in [9.17, 15) is 5.11 Å². The summed E-state index contributed by atoms with van der Waals surface area (Å²) in [6.07, 6.45) is 1.34. The second-order valence-electron chi connectivity index (χ2n) is 3.66. The van der Waals surface area contributed by atoms with Gasteiger partial charge in [-0.25, -0.2) is 0 Å². The molecule has 0 saturated carbocycles. The zero-order valence-corrected chi connectivity index (χ0v) is 10.5. The zero-order chi connectivity index (χ0) is 11.4. The Kier molecular flexibility index (Phi) is 4.91. The highest BCUT2D eigenvalue weighted by molar-refractivity contribution is 6.42. The van der Waals surface area contributed by atoms with Crippen LogP contribution < -0.4 is 0 Å². The molecule has 15 heavy (non-hydrogen) atoms. The molecule has 0 aliphatic carbocycles. The Labute approximate surface area is 101 Å². The van der Waals surface area contributed by atoms with E-state index in [1.807, 2.05) is 12.1 Å². The molecule has 3 heteroatoms. The van der Waals surface area contributed by atoms with Gasteiger partial charge >= 0.3 is 0 Å². The van der Waals surface area contributed by atoms with Gasteiger partial charge in [0.05, 0.1) is 16.1 Å². The first-order valence-electron chi connectivity index (χ1n) is 5.23. The van der Waals surface area contributed by atoms with E-state index >= 15 is 0 Å². The average molecular weight is 247 g/mol. The van der Waals surface area contributed by atoms with Crippen molar-refractivity contribution in [2.24, 2.45) is 5.92 Å². The SMILES string of the molecule is CCC(CC)C(O)c1cccc(Cl)c1Cl. The second-order valence-corrected chi connectivity index (χ2v) is 4.45. The molecule has 0 aliphatic rings. The topological polar surface area (TPSA) is 20.2 Å². The van der Waals surface area contributed by atoms with Gasteiger partial charge in [-0.05, 0) is 12.0 Å². The van der Waals surface area contributed by atoms with Gasteiger partial charge in [0.25, 0.3) is 0 Å². The molecule has 1 atom stereocenters. The molecule has 1 N–H and O–H groups in total. The number of aliphatic hydroxyl groups excluding tert-OH is 1. The van der Waals surface area contributed by atoms with Crippen molar-refractivity contribution < 1.29 is 5.11 Å². The first kappa shape index (κ1) is 12.8. The summed E-state index contributed by atoms with van der Waals surface area (Å²) in [7, 11) is 0. The maximum atomic E-state index is 10.1. The van der Waals surface area contributed by atoms with E-state index in [1.54, 1.807) is 6.07 Å². The molecule has 0 fully saturated rings. The lowest BCUT2D eigenvalue weighted by Gasteiger charge is -2.21. The van der Waals surface area contributed by atoms with Gasteiger partial charge in [0, 0.05) is 5.56 Å². The van der Waals surface area contributed by atoms with Crippen LogP contribution in [0.1, 0.15) is 38.4 Å². The Balaban J connectivity index is 2.99. The number of hydrogen-bond acceptors (Lipinski definition) is 1. The van der Waals surface area contributed by atoms with Crippen LogP contribution in [0, 0.1) is 5.92 Å². The van der Waals surface area contributed by atoms with Gasteiger partial charge in [-0.3, -0.25) is 0 Å². The van der Waals surface area contributed by atoms with Crippen molar-refractivity contribution in [3.05, 3.63) is 33.8 Å². The van der Waals surface area contributed by atoms with Crippen LogP contribution in [0.2, 0.25) is 10.0 Å². The van der Waals surface area contributed by atoms with E-state index in [4.69, 9.17) is 23.2 Å². The number of halogens is 2. The zero-order valence-electron chi connectivity index (χ0n) is 9.00. The molecule has 1 nitrogen and oxygen atoms in total. The summed E-state index contributed by atoms with van der Waals surface area (Å²) in [6.45, 7) is 4.13. The van der Waals surface area contributed by atoms with Crippen molar-refractivity contribution in [2.45, 2.75) is 32.8 Å². The lowest BCUT2D eigenvalue weighted by molar-refractivity contribution is 0.103. The van der Waals surface area contributed by atoms with E-state index in [0.29, 0.717) is 10.0 Å². The molecule has 1 rings (SSSR count). The Morgan fingerprint density at radius 2 is 1.80 bits per heavy atom. The second kappa shape index (κ2) is 5.74. The Morgan fingerprint density at radius 3 is 2.33 bits per heavy atom. The van der Waals surface area contributed by atoms with E-state index in [0.717, 1.165) is 18.4 Å². The fourth-order valence-corrected chi connectivity index (χ4v) is 2.16. The van der Waals surface area contributed by atoms with Crippen LogP contribution in [-0.2, 0) is 0 Å². The van der Waals surface area contributed by atoms with Gasteiger partial charge in [-0.15, -0.1) is 0 Å². The first-order chi connectivity index (χ1) is 7.11. The van der Waals surface area contributed by atoms with Gasteiger partial charge in [-0.2, -0.15) is 0 Å². The maximum Gasteiger partial charge on any atom is 0.0832 e. The van der Waals surface area contributed by atoms with Crippen LogP contribution in [0.25, 0.3) is 0 Å². The van der Waals surface area contributed by atoms with E-state index in [2.05, 4.69) is 13.8 Å². The minimum absolute atomic E-state index is 0.237. The molecule has 0 heterocycles. The van der Waals surface area contributed by atoms with E-state index < -0.39 is 6.10 Å². The number of aliphatic hydroxyl groups is 1. The molecular weight excluding hydrogens is 231 g/mol. The Bertz CT molecular complexity index is 321. The van der Waals surface area contributed by atoms with Gasteiger partial charge in [0.2, 0.25) is 0 Å². The summed E-state index contributed by atoms with van der Waals surface area (Å²) in [6, 6.07) is 5.37. The highest BCUT2D eigenvalue weighted by atomic mass is 35.5. The van der Waals surface area contributed by atoms with Crippen molar-refractivity contribution in [1.82, 2.24) is 0 Å². The van der Waals surface area contributed by atoms with Crippen LogP contribution in [0.3, 0.4) is 0 Å². The molecule has 0 spiro atoms. The molecule has 1 unspecified atom stereocenters. The molecule has 0 radical (unpaired) electrons. The Morgan fingerprint density at radius 1 is 1.20 bits per heavy atom. The first-order valence-corrected chi connectivity index (χ1v) is 5.99. The number of benzene rings is 1. The van der Waals surface area contributed by atoms with Crippen LogP contribution in [0.4, 0.5) is 0 Å². The van der Waals surface area contributed by atoms with Gasteiger partial charge in [0.15, 0.2) is 0 Å². The molecule has 0 amide bonds. The lowest BCUT2D eigenvalue weighted by atomic mass is 9.91. The van der Waals surface area contributed by atoms with Crippen LogP contribution in [0.15, 0.2) is 18.2 Å². The molecule has 84 valence electrons. The minimum Gasteiger partial charge on any atom is -0.388 e. The quantitative estimate of drug-likeness (QED) is 0.832. The summed E-state index contributed by atoms with van der Waals surface area (Å²) >= 11 is 12.0. The van der Waals surface area contributed by atoms with Crippen molar-refractivity contribution in [3.8, 4) is 0 Å². The van der Waals surface area contributed by atoms with Crippen molar-refractivity contribution in [2.75, 3.05) is 0 Å². The largest absolute Gasteiger partial charge is 0.388 e. The van der Waals surface area contributed by atoms with Crippen molar-refractivity contribution in [3.63, 3.8) is 0 Å². The van der Waals surface area contributed by atoms with Gasteiger partial charge in [-0.1, -0.05) is 62.0 Å². The predicted molar refractivity (Wildman–Crippen MR) is 65.5 cm³/mol. The lowest BCUT2D eigenvalue weighted by Crippen LogP contribution is -2.11. The number of hydrogen-bond donors (Lipinski definition) is 1. The smallest absolute Gasteiger partial charge is 0.0832 e. The third kappa shape index (κ3) is 2.87. The summed E-state index contributed by atoms with van der Waals surface area (Å²) in [4.78, 5) is 0. The molecule has 1 aromatic carbocycles. The summed E-state index contributed by atoms with van der Waals surface area (Å²) in [5.41, 5.74) is 0.734. The van der Waals surface area contributed by atoms with Crippen LogP contribution >= 0.6 is 23.2 Å². The van der Waals surface area contributed by atoms with E-state index in [1.165, 1.54) is 0 Å². The highest BCUT2D eigenvalue weighted by Crippen LogP contribution is 2.35. The van der Waals surface area contributed by atoms with E-state index in [-0.39, 0.29) is 5.92 Å². The molecular formula is C12H16Cl2O. The third-order valence-electron chi connectivity index (χ3n) is 2.80. The van der Waals surface area contributed by atoms with Crippen molar-refractivity contribution >= 4 is 23.2 Å². The predicted octanol–water partition coefficient (Wildman–Crippen LogP) is 4.46. The molecule has 0 saturated heterocycles. The molecule has 0 aromatic heterocycles. The third-order valence-corrected chi connectivity index (χ3v) is 3.63. The Hall–Kier alpha value is -0.240. The van der Waals surface area contributed by atoms with Gasteiger partial charge in [0.1, 0.15) is 0 Å². The highest BCUT2D eigenvalue weighted by Gasteiger charge is 2.20. The maximum absolute atomic E-state index is 10.1. The average Bonchev–Trinajstić information content (AvgIpc) is 2.23. The summed E-state index contributed by atoms with van der Waals surface area (Å²) in [5.74, 6) is 0.237. The van der Waals surface area contributed by atoms with Gasteiger partial charge < -0.3 is 5.11 Å². The fraction of sp³-hybridized carbons (Fsp3) is 0.500. The molecule has 0 aliphatic heterocycles. The monoisotopic (exact) mass is 246 g/mol. The normalized spacial score (nSPS) is 13.2. The summed E-state index contributed by atoms with van der Waals surface area (Å²) in [5, 5.41) is 11.1. The molecule has 1 aromatic rings. The summed E-state index contributed by atoms with van der Waals surface area (Å²) < 4.78 is 0. The molecule has 0 bridgehead atoms. The minimum atomic E-state index is -0.522. The van der Waals surface area contributed by atoms with Crippen molar-refractivity contribution in [1.29, 1.82) is 0 Å². The fourth-order valence-electron chi connectivity index (χ4n) is 1.74. The van der Waals surface area contributed by atoms with Crippen LogP contribution in [0.5, 0.6) is 0 Å².